The van der Waals surface area contributed by atoms with Gasteiger partial charge in [0.05, 0.1) is 23.0 Å². The molecule has 1 amide bonds. The van der Waals surface area contributed by atoms with E-state index in [1.165, 1.54) is 31.0 Å². The van der Waals surface area contributed by atoms with Crippen molar-refractivity contribution in [3.63, 3.8) is 0 Å². The average Bonchev–Trinajstić information content (AvgIpc) is 2.35. The number of rotatable bonds is 5. The molecule has 0 aliphatic rings. The van der Waals surface area contributed by atoms with Crippen molar-refractivity contribution in [2.24, 2.45) is 0 Å². The third-order valence-electron chi connectivity index (χ3n) is 2.36. The van der Waals surface area contributed by atoms with Crippen molar-refractivity contribution in [1.82, 2.24) is 5.32 Å². The minimum absolute atomic E-state index is 0.0452. The van der Waals surface area contributed by atoms with Gasteiger partial charge in [0, 0.05) is 6.04 Å². The lowest BCUT2D eigenvalue weighted by atomic mass is 10.1. The molecule has 0 aliphatic heterocycles. The van der Waals surface area contributed by atoms with Gasteiger partial charge in [0.25, 0.3) is 11.6 Å². The molecule has 104 valence electrons. The Morgan fingerprint density at radius 2 is 2.11 bits per heavy atom. The molecule has 0 heterocycles. The third kappa shape index (κ3) is 3.60. The van der Waals surface area contributed by atoms with Gasteiger partial charge in [0.15, 0.2) is 0 Å². The highest BCUT2D eigenvalue weighted by molar-refractivity contribution is 7.98. The molecular weight excluding hydrogens is 268 g/mol. The number of carbonyl (C=O) groups excluding carboxylic acids is 1. The normalized spacial score (nSPS) is 10.4. The maximum atomic E-state index is 12.0. The maximum Gasteiger partial charge on any atom is 0.285 e. The van der Waals surface area contributed by atoms with Gasteiger partial charge in [0.2, 0.25) is 0 Å². The molecule has 19 heavy (non-hydrogen) atoms. The monoisotopic (exact) mass is 284 g/mol. The molecule has 0 saturated carbocycles. The fourth-order valence-corrected chi connectivity index (χ4v) is 2.12. The van der Waals surface area contributed by atoms with Gasteiger partial charge in [-0.15, -0.1) is 11.8 Å². The molecule has 1 aromatic rings. The minimum Gasteiger partial charge on any atom is -0.495 e. The fourth-order valence-electron chi connectivity index (χ4n) is 1.54. The number of amides is 1. The summed E-state index contributed by atoms with van der Waals surface area (Å²) in [5.74, 6) is -0.0695. The minimum atomic E-state index is -0.581. The van der Waals surface area contributed by atoms with Gasteiger partial charge in [0.1, 0.15) is 11.3 Å². The van der Waals surface area contributed by atoms with E-state index in [0.717, 1.165) is 0 Å². The first-order valence-corrected chi connectivity index (χ1v) is 6.84. The Morgan fingerprint density at radius 1 is 1.47 bits per heavy atom. The average molecular weight is 284 g/mol. The molecule has 0 spiro atoms. The van der Waals surface area contributed by atoms with Crippen LogP contribution in [0.4, 0.5) is 5.69 Å². The van der Waals surface area contributed by atoms with Crippen LogP contribution in [-0.4, -0.2) is 30.2 Å². The Morgan fingerprint density at radius 3 is 2.53 bits per heavy atom. The zero-order valence-corrected chi connectivity index (χ0v) is 12.0. The molecule has 0 bridgehead atoms. The van der Waals surface area contributed by atoms with E-state index in [2.05, 4.69) is 5.32 Å². The van der Waals surface area contributed by atoms with E-state index in [1.54, 1.807) is 13.8 Å². The van der Waals surface area contributed by atoms with Crippen molar-refractivity contribution in [3.05, 3.63) is 27.8 Å². The van der Waals surface area contributed by atoms with Gasteiger partial charge in [-0.3, -0.25) is 14.9 Å². The number of hydrogen-bond acceptors (Lipinski definition) is 5. The number of nitro benzene ring substituents is 1. The Balaban J connectivity index is 3.35. The van der Waals surface area contributed by atoms with E-state index in [4.69, 9.17) is 4.74 Å². The predicted molar refractivity (Wildman–Crippen MR) is 74.0 cm³/mol. The van der Waals surface area contributed by atoms with Gasteiger partial charge in [-0.25, -0.2) is 0 Å². The number of methoxy groups -OCH3 is 1. The molecule has 0 saturated heterocycles. The molecular formula is C12H16N2O4S. The highest BCUT2D eigenvalue weighted by Crippen LogP contribution is 2.34. The van der Waals surface area contributed by atoms with E-state index in [-0.39, 0.29) is 17.3 Å². The van der Waals surface area contributed by atoms with Crippen LogP contribution >= 0.6 is 11.8 Å². The molecule has 0 aliphatic carbocycles. The number of ether oxygens (including phenoxy) is 1. The van der Waals surface area contributed by atoms with Gasteiger partial charge in [-0.1, -0.05) is 0 Å². The van der Waals surface area contributed by atoms with E-state index < -0.39 is 10.8 Å². The van der Waals surface area contributed by atoms with Gasteiger partial charge in [-0.2, -0.15) is 0 Å². The van der Waals surface area contributed by atoms with Crippen molar-refractivity contribution in [1.29, 1.82) is 0 Å². The number of thioether (sulfide) groups is 1. The number of nitro groups is 1. The second-order valence-electron chi connectivity index (χ2n) is 4.11. The highest BCUT2D eigenvalue weighted by Gasteiger charge is 2.24. The van der Waals surface area contributed by atoms with Crippen LogP contribution in [0.5, 0.6) is 5.75 Å². The lowest BCUT2D eigenvalue weighted by Crippen LogP contribution is -2.30. The Kier molecular flexibility index (Phi) is 5.17. The molecule has 1 N–H and O–H groups in total. The second-order valence-corrected chi connectivity index (χ2v) is 4.96. The molecule has 0 radical (unpaired) electrons. The maximum absolute atomic E-state index is 12.0. The van der Waals surface area contributed by atoms with Crippen LogP contribution in [0.1, 0.15) is 24.2 Å². The summed E-state index contributed by atoms with van der Waals surface area (Å²) in [6.45, 7) is 3.59. The zero-order valence-electron chi connectivity index (χ0n) is 11.2. The first kappa shape index (κ1) is 15.3. The van der Waals surface area contributed by atoms with Crippen molar-refractivity contribution >= 4 is 23.4 Å². The lowest BCUT2D eigenvalue weighted by Gasteiger charge is -2.11. The topological polar surface area (TPSA) is 81.5 Å². The second kappa shape index (κ2) is 6.42. The van der Waals surface area contributed by atoms with Crippen LogP contribution in [0.15, 0.2) is 17.0 Å². The van der Waals surface area contributed by atoms with E-state index in [9.17, 15) is 14.9 Å². The number of hydrogen-bond donors (Lipinski definition) is 1. The molecule has 0 atom stereocenters. The summed E-state index contributed by atoms with van der Waals surface area (Å²) in [5, 5.41) is 13.7. The van der Waals surface area contributed by atoms with Crippen LogP contribution in [0.25, 0.3) is 0 Å². The van der Waals surface area contributed by atoms with E-state index >= 15 is 0 Å². The van der Waals surface area contributed by atoms with Crippen molar-refractivity contribution in [2.75, 3.05) is 13.4 Å². The quantitative estimate of drug-likeness (QED) is 0.510. The predicted octanol–water partition coefficient (Wildman–Crippen LogP) is 2.46. The number of carbonyl (C=O) groups is 1. The van der Waals surface area contributed by atoms with E-state index in [1.807, 2.05) is 6.26 Å². The van der Waals surface area contributed by atoms with E-state index in [0.29, 0.717) is 10.6 Å². The van der Waals surface area contributed by atoms with Crippen molar-refractivity contribution in [3.8, 4) is 5.75 Å². The third-order valence-corrected chi connectivity index (χ3v) is 3.12. The summed E-state index contributed by atoms with van der Waals surface area (Å²) in [7, 11) is 1.44. The Labute approximate surface area is 115 Å². The van der Waals surface area contributed by atoms with Crippen LogP contribution in [0.3, 0.4) is 0 Å². The number of benzene rings is 1. The van der Waals surface area contributed by atoms with Crippen molar-refractivity contribution < 1.29 is 14.5 Å². The summed E-state index contributed by atoms with van der Waals surface area (Å²) in [4.78, 5) is 23.1. The highest BCUT2D eigenvalue weighted by atomic mass is 32.2. The molecule has 0 fully saturated rings. The first-order chi connectivity index (χ1) is 8.90. The van der Waals surface area contributed by atoms with Crippen LogP contribution in [-0.2, 0) is 0 Å². The summed E-state index contributed by atoms with van der Waals surface area (Å²) in [5.41, 5.74) is -0.211. The largest absolute Gasteiger partial charge is 0.495 e. The molecule has 1 aromatic carbocycles. The number of nitrogens with one attached hydrogen (secondary N) is 1. The van der Waals surface area contributed by atoms with Crippen LogP contribution in [0.2, 0.25) is 0 Å². The summed E-state index contributed by atoms with van der Waals surface area (Å²) in [6.07, 6.45) is 1.81. The van der Waals surface area contributed by atoms with Gasteiger partial charge in [-0.05, 0) is 26.2 Å². The van der Waals surface area contributed by atoms with Crippen LogP contribution < -0.4 is 10.1 Å². The standard InChI is InChI=1S/C12H16N2O4S/c1-7(2)13-12(15)8-5-11(19-4)10(18-3)6-9(8)14(16)17/h5-7H,1-4H3,(H,13,15). The SMILES string of the molecule is COc1cc([N+](=O)[O-])c(C(=O)NC(C)C)cc1SC. The Bertz CT molecular complexity index is 503. The summed E-state index contributed by atoms with van der Waals surface area (Å²) >= 11 is 1.36. The lowest BCUT2D eigenvalue weighted by molar-refractivity contribution is -0.385. The van der Waals surface area contributed by atoms with Gasteiger partial charge >= 0.3 is 0 Å². The summed E-state index contributed by atoms with van der Waals surface area (Å²) < 4.78 is 5.09. The van der Waals surface area contributed by atoms with Gasteiger partial charge < -0.3 is 10.1 Å². The molecule has 7 heteroatoms. The molecule has 0 aromatic heterocycles. The van der Waals surface area contributed by atoms with Crippen LogP contribution in [0, 0.1) is 10.1 Å². The number of nitrogens with zero attached hydrogens (tertiary/aromatic N) is 1. The Hall–Kier alpha value is -1.76. The smallest absolute Gasteiger partial charge is 0.285 e. The molecule has 6 nitrogen and oxygen atoms in total. The first-order valence-electron chi connectivity index (χ1n) is 5.62. The van der Waals surface area contributed by atoms with Crippen molar-refractivity contribution in [2.45, 2.75) is 24.8 Å². The fraction of sp³-hybridized carbons (Fsp3) is 0.417. The zero-order chi connectivity index (χ0) is 14.6. The summed E-state index contributed by atoms with van der Waals surface area (Å²) in [6, 6.07) is 2.67. The molecule has 1 rings (SSSR count). The molecule has 0 unspecified atom stereocenters.